The Bertz CT molecular complexity index is 551. The standard InChI is InChI=1S/C17H25N3O/c18-13-17(9-5-2-1-3-6-10-17)16(21)14-12-20-11-7-4-8-15(20)19-14/h4,7-8,11-12,16,21H,1-3,5-6,9-10,13,18H2. The molecule has 3 rings (SSSR count). The summed E-state index contributed by atoms with van der Waals surface area (Å²) in [7, 11) is 0. The summed E-state index contributed by atoms with van der Waals surface area (Å²) in [6.45, 7) is 0.530. The normalized spacial score (nSPS) is 20.9. The van der Waals surface area contributed by atoms with Crippen molar-refractivity contribution < 1.29 is 5.11 Å². The zero-order valence-electron chi connectivity index (χ0n) is 12.5. The fourth-order valence-electron chi connectivity index (χ4n) is 3.60. The van der Waals surface area contributed by atoms with Crippen molar-refractivity contribution in [1.29, 1.82) is 0 Å². The third-order valence-corrected chi connectivity index (χ3v) is 5.00. The summed E-state index contributed by atoms with van der Waals surface area (Å²) in [6.07, 6.45) is 11.5. The number of nitrogens with zero attached hydrogens (tertiary/aromatic N) is 2. The van der Waals surface area contributed by atoms with Crippen LogP contribution in [0.25, 0.3) is 5.65 Å². The number of imidazole rings is 1. The zero-order chi connectivity index (χ0) is 14.7. The molecule has 2 aromatic heterocycles. The monoisotopic (exact) mass is 287 g/mol. The van der Waals surface area contributed by atoms with Gasteiger partial charge in [0, 0.05) is 24.4 Å². The van der Waals surface area contributed by atoms with E-state index >= 15 is 0 Å². The van der Waals surface area contributed by atoms with Crippen LogP contribution in [0.15, 0.2) is 30.6 Å². The lowest BCUT2D eigenvalue weighted by molar-refractivity contribution is 0.00588. The number of pyridine rings is 1. The average molecular weight is 287 g/mol. The van der Waals surface area contributed by atoms with Crippen LogP contribution in [0.1, 0.15) is 56.7 Å². The SMILES string of the molecule is NCC1(C(O)c2cn3ccccc3n2)CCCCCCC1. The van der Waals surface area contributed by atoms with E-state index in [2.05, 4.69) is 4.98 Å². The maximum atomic E-state index is 11.0. The second kappa shape index (κ2) is 6.16. The van der Waals surface area contributed by atoms with Crippen molar-refractivity contribution in [3.05, 3.63) is 36.3 Å². The van der Waals surface area contributed by atoms with Gasteiger partial charge in [0.15, 0.2) is 0 Å². The van der Waals surface area contributed by atoms with Crippen molar-refractivity contribution in [3.8, 4) is 0 Å². The summed E-state index contributed by atoms with van der Waals surface area (Å²) in [5.41, 5.74) is 7.52. The first kappa shape index (κ1) is 14.5. The van der Waals surface area contributed by atoms with E-state index in [-0.39, 0.29) is 5.41 Å². The molecular weight excluding hydrogens is 262 g/mol. The molecule has 21 heavy (non-hydrogen) atoms. The first-order valence-corrected chi connectivity index (χ1v) is 8.07. The van der Waals surface area contributed by atoms with E-state index in [1.807, 2.05) is 35.0 Å². The summed E-state index contributed by atoms with van der Waals surface area (Å²) in [5.74, 6) is 0. The molecule has 1 atom stereocenters. The third kappa shape index (κ3) is 2.83. The number of rotatable bonds is 3. The predicted molar refractivity (Wildman–Crippen MR) is 84.0 cm³/mol. The second-order valence-corrected chi connectivity index (χ2v) is 6.37. The maximum Gasteiger partial charge on any atom is 0.137 e. The quantitative estimate of drug-likeness (QED) is 0.912. The molecule has 3 N–H and O–H groups in total. The summed E-state index contributed by atoms with van der Waals surface area (Å²) >= 11 is 0. The van der Waals surface area contributed by atoms with Crippen molar-refractivity contribution in [3.63, 3.8) is 0 Å². The molecule has 0 spiro atoms. The number of aliphatic hydroxyl groups is 1. The molecule has 0 aliphatic heterocycles. The Morgan fingerprint density at radius 3 is 2.57 bits per heavy atom. The van der Waals surface area contributed by atoms with Gasteiger partial charge in [0.05, 0.1) is 5.69 Å². The largest absolute Gasteiger partial charge is 0.386 e. The van der Waals surface area contributed by atoms with Gasteiger partial charge < -0.3 is 15.2 Å². The first-order valence-electron chi connectivity index (χ1n) is 8.07. The highest BCUT2D eigenvalue weighted by atomic mass is 16.3. The minimum atomic E-state index is -0.569. The molecule has 0 amide bonds. The highest BCUT2D eigenvalue weighted by Crippen LogP contribution is 2.43. The molecule has 1 unspecified atom stereocenters. The van der Waals surface area contributed by atoms with Crippen molar-refractivity contribution >= 4 is 5.65 Å². The fourth-order valence-corrected chi connectivity index (χ4v) is 3.60. The number of fused-ring (bicyclic) bond motifs is 1. The highest BCUT2D eigenvalue weighted by Gasteiger charge is 2.38. The van der Waals surface area contributed by atoms with Gasteiger partial charge in [0.1, 0.15) is 11.8 Å². The molecular formula is C17H25N3O. The molecule has 1 saturated carbocycles. The minimum absolute atomic E-state index is 0.210. The molecule has 0 aromatic carbocycles. The molecule has 4 nitrogen and oxygen atoms in total. The minimum Gasteiger partial charge on any atom is -0.386 e. The van der Waals surface area contributed by atoms with Crippen LogP contribution in [0.3, 0.4) is 0 Å². The van der Waals surface area contributed by atoms with Gasteiger partial charge in [0.25, 0.3) is 0 Å². The Morgan fingerprint density at radius 2 is 1.90 bits per heavy atom. The lowest BCUT2D eigenvalue weighted by atomic mass is 9.71. The molecule has 114 valence electrons. The molecule has 0 bridgehead atoms. The molecule has 0 radical (unpaired) electrons. The zero-order valence-corrected chi connectivity index (χ0v) is 12.5. The van der Waals surface area contributed by atoms with E-state index in [0.717, 1.165) is 37.0 Å². The molecule has 2 aromatic rings. The topological polar surface area (TPSA) is 63.5 Å². The number of aromatic nitrogens is 2. The van der Waals surface area contributed by atoms with Gasteiger partial charge in [-0.2, -0.15) is 0 Å². The van der Waals surface area contributed by atoms with Gasteiger partial charge in [-0.25, -0.2) is 4.98 Å². The van der Waals surface area contributed by atoms with Crippen LogP contribution in [0.2, 0.25) is 0 Å². The van der Waals surface area contributed by atoms with Crippen LogP contribution >= 0.6 is 0 Å². The van der Waals surface area contributed by atoms with Crippen LogP contribution in [-0.2, 0) is 0 Å². The van der Waals surface area contributed by atoms with E-state index in [4.69, 9.17) is 5.73 Å². The van der Waals surface area contributed by atoms with E-state index in [1.54, 1.807) is 0 Å². The second-order valence-electron chi connectivity index (χ2n) is 6.37. The van der Waals surface area contributed by atoms with Gasteiger partial charge in [0.2, 0.25) is 0 Å². The number of nitrogens with two attached hydrogens (primary N) is 1. The van der Waals surface area contributed by atoms with E-state index in [0.29, 0.717) is 6.54 Å². The average Bonchev–Trinajstić information content (AvgIpc) is 2.91. The Hall–Kier alpha value is -1.39. The van der Waals surface area contributed by atoms with Crippen LogP contribution in [-0.4, -0.2) is 21.0 Å². The molecule has 1 aliphatic rings. The van der Waals surface area contributed by atoms with E-state index in [9.17, 15) is 5.11 Å². The molecule has 1 fully saturated rings. The van der Waals surface area contributed by atoms with E-state index < -0.39 is 6.10 Å². The number of hydrogen-bond donors (Lipinski definition) is 2. The molecule has 2 heterocycles. The van der Waals surface area contributed by atoms with Crippen molar-refractivity contribution in [1.82, 2.24) is 9.38 Å². The van der Waals surface area contributed by atoms with Gasteiger partial charge in [-0.1, -0.05) is 38.2 Å². The molecule has 4 heteroatoms. The lowest BCUT2D eigenvalue weighted by Crippen LogP contribution is -2.37. The Balaban J connectivity index is 1.90. The van der Waals surface area contributed by atoms with Gasteiger partial charge in [-0.15, -0.1) is 0 Å². The number of hydrogen-bond acceptors (Lipinski definition) is 3. The lowest BCUT2D eigenvalue weighted by Gasteiger charge is -2.38. The summed E-state index contributed by atoms with van der Waals surface area (Å²) in [5, 5.41) is 11.0. The van der Waals surface area contributed by atoms with Crippen LogP contribution in [0.4, 0.5) is 0 Å². The van der Waals surface area contributed by atoms with Crippen LogP contribution in [0.5, 0.6) is 0 Å². The molecule has 0 saturated heterocycles. The Morgan fingerprint density at radius 1 is 1.19 bits per heavy atom. The Kier molecular flexibility index (Phi) is 4.27. The van der Waals surface area contributed by atoms with Gasteiger partial charge in [-0.3, -0.25) is 0 Å². The van der Waals surface area contributed by atoms with Crippen LogP contribution < -0.4 is 5.73 Å². The smallest absolute Gasteiger partial charge is 0.137 e. The van der Waals surface area contributed by atoms with Crippen molar-refractivity contribution in [2.75, 3.05) is 6.54 Å². The fraction of sp³-hybridized carbons (Fsp3) is 0.588. The number of aliphatic hydroxyl groups excluding tert-OH is 1. The van der Waals surface area contributed by atoms with Gasteiger partial charge in [-0.05, 0) is 25.0 Å². The summed E-state index contributed by atoms with van der Waals surface area (Å²) in [6, 6.07) is 5.90. The molecule has 1 aliphatic carbocycles. The Labute approximate surface area is 126 Å². The highest BCUT2D eigenvalue weighted by molar-refractivity contribution is 5.40. The summed E-state index contributed by atoms with van der Waals surface area (Å²) < 4.78 is 1.96. The summed E-state index contributed by atoms with van der Waals surface area (Å²) in [4.78, 5) is 4.59. The van der Waals surface area contributed by atoms with Crippen molar-refractivity contribution in [2.45, 2.75) is 51.0 Å². The maximum absolute atomic E-state index is 11.0. The van der Waals surface area contributed by atoms with Crippen molar-refractivity contribution in [2.24, 2.45) is 11.1 Å². The van der Waals surface area contributed by atoms with E-state index in [1.165, 1.54) is 19.3 Å². The predicted octanol–water partition coefficient (Wildman–Crippen LogP) is 3.06. The van der Waals surface area contributed by atoms with Crippen LogP contribution in [0, 0.1) is 5.41 Å². The first-order chi connectivity index (χ1) is 10.2. The van der Waals surface area contributed by atoms with Gasteiger partial charge >= 0.3 is 0 Å². The third-order valence-electron chi connectivity index (χ3n) is 5.00.